The number of urea groups is 1. The first-order valence-corrected chi connectivity index (χ1v) is 5.71. The summed E-state index contributed by atoms with van der Waals surface area (Å²) in [7, 11) is 3.63. The normalized spacial score (nSPS) is 21.1. The van der Waals surface area contributed by atoms with Crippen molar-refractivity contribution in [3.05, 3.63) is 41.7 Å². The summed E-state index contributed by atoms with van der Waals surface area (Å²) in [5.74, 6) is 0. The molecule has 1 aliphatic heterocycles. The molecule has 1 heterocycles. The predicted octanol–water partition coefficient (Wildman–Crippen LogP) is -0.621. The lowest BCUT2D eigenvalue weighted by molar-refractivity contribution is -0.770. The Kier molecular flexibility index (Phi) is 5.01. The summed E-state index contributed by atoms with van der Waals surface area (Å²) in [5, 5.41) is 3.70. The minimum absolute atomic E-state index is 0. The summed E-state index contributed by atoms with van der Waals surface area (Å²) in [6, 6.07) is 7.23. The molecule has 4 nitrogen and oxygen atoms in total. The standard InChI is InChI=1S/C12H15ClN3O.HI/c1-15(11-5-3-10(13)4-6-11)12(17)16(2)8-7-14-9-16;/h3-8,14H,9H2,1-2H3;1H/q+1;/p-1. The van der Waals surface area contributed by atoms with Gasteiger partial charge in [-0.15, -0.1) is 0 Å². The van der Waals surface area contributed by atoms with E-state index < -0.39 is 0 Å². The van der Waals surface area contributed by atoms with Gasteiger partial charge in [-0.25, -0.2) is 4.79 Å². The molecular weight excluding hydrogens is 365 g/mol. The summed E-state index contributed by atoms with van der Waals surface area (Å²) in [4.78, 5) is 14.0. The number of nitrogens with one attached hydrogen (secondary N) is 1. The van der Waals surface area contributed by atoms with Gasteiger partial charge in [-0.05, 0) is 24.3 Å². The van der Waals surface area contributed by atoms with E-state index in [1.165, 1.54) is 0 Å². The molecule has 0 aliphatic carbocycles. The van der Waals surface area contributed by atoms with Crippen LogP contribution in [0, 0.1) is 0 Å². The van der Waals surface area contributed by atoms with Gasteiger partial charge in [-0.2, -0.15) is 4.48 Å². The van der Waals surface area contributed by atoms with Gasteiger partial charge < -0.3 is 29.3 Å². The first-order valence-electron chi connectivity index (χ1n) is 5.33. The van der Waals surface area contributed by atoms with E-state index in [4.69, 9.17) is 11.6 Å². The zero-order valence-corrected chi connectivity index (χ0v) is 13.1. The quantitative estimate of drug-likeness (QED) is 0.521. The van der Waals surface area contributed by atoms with E-state index in [0.29, 0.717) is 11.7 Å². The van der Waals surface area contributed by atoms with Crippen molar-refractivity contribution in [1.82, 2.24) is 5.32 Å². The van der Waals surface area contributed by atoms with E-state index in [0.717, 1.165) is 5.69 Å². The molecular formula is C12H15ClIN3O. The van der Waals surface area contributed by atoms with Gasteiger partial charge in [-0.3, -0.25) is 4.90 Å². The largest absolute Gasteiger partial charge is 1.00 e. The van der Waals surface area contributed by atoms with Crippen molar-refractivity contribution < 1.29 is 33.3 Å². The molecule has 1 unspecified atom stereocenters. The van der Waals surface area contributed by atoms with E-state index >= 15 is 0 Å². The molecule has 1 N–H and O–H groups in total. The van der Waals surface area contributed by atoms with Gasteiger partial charge in [0.1, 0.15) is 6.20 Å². The van der Waals surface area contributed by atoms with Crippen molar-refractivity contribution in [3.8, 4) is 0 Å². The molecule has 0 aromatic heterocycles. The monoisotopic (exact) mass is 379 g/mol. The number of hydrogen-bond acceptors (Lipinski definition) is 2. The predicted molar refractivity (Wildman–Crippen MR) is 68.6 cm³/mol. The third kappa shape index (κ3) is 2.96. The van der Waals surface area contributed by atoms with Crippen LogP contribution in [0.1, 0.15) is 0 Å². The molecule has 0 radical (unpaired) electrons. The first-order chi connectivity index (χ1) is 8.03. The van der Waals surface area contributed by atoms with Crippen LogP contribution in [0.3, 0.4) is 0 Å². The van der Waals surface area contributed by atoms with Gasteiger partial charge in [0.25, 0.3) is 0 Å². The molecule has 0 bridgehead atoms. The molecule has 2 rings (SSSR count). The number of quaternary nitrogens is 1. The maximum Gasteiger partial charge on any atom is 0.429 e. The summed E-state index contributed by atoms with van der Waals surface area (Å²) < 4.78 is 0.221. The van der Waals surface area contributed by atoms with Crippen molar-refractivity contribution in [2.45, 2.75) is 0 Å². The van der Waals surface area contributed by atoms with Gasteiger partial charge >= 0.3 is 6.03 Å². The molecule has 1 aliphatic rings. The molecule has 0 fully saturated rings. The number of carbonyl (C=O) groups excluding carboxylic acids is 1. The van der Waals surface area contributed by atoms with Crippen LogP contribution in [-0.2, 0) is 0 Å². The van der Waals surface area contributed by atoms with Crippen LogP contribution >= 0.6 is 11.6 Å². The lowest BCUT2D eigenvalue weighted by atomic mass is 10.3. The second-order valence-corrected chi connectivity index (χ2v) is 4.70. The molecule has 98 valence electrons. The minimum atomic E-state index is 0. The second-order valence-electron chi connectivity index (χ2n) is 4.26. The van der Waals surface area contributed by atoms with Crippen LogP contribution in [0.15, 0.2) is 36.7 Å². The number of rotatable bonds is 1. The Morgan fingerprint density at radius 3 is 2.50 bits per heavy atom. The van der Waals surface area contributed by atoms with E-state index in [-0.39, 0.29) is 34.5 Å². The van der Waals surface area contributed by atoms with Crippen molar-refractivity contribution in [2.24, 2.45) is 0 Å². The molecule has 1 aromatic carbocycles. The van der Waals surface area contributed by atoms with Gasteiger partial charge in [0, 0.05) is 17.8 Å². The number of hydrogen-bond donors (Lipinski definition) is 1. The van der Waals surface area contributed by atoms with E-state index in [9.17, 15) is 4.79 Å². The molecule has 0 saturated heterocycles. The highest BCUT2D eigenvalue weighted by molar-refractivity contribution is 6.30. The highest BCUT2D eigenvalue weighted by atomic mass is 127. The van der Waals surface area contributed by atoms with Crippen LogP contribution in [-0.4, -0.2) is 31.3 Å². The molecule has 0 saturated carbocycles. The Bertz CT molecular complexity index is 463. The first kappa shape index (κ1) is 15.3. The average molecular weight is 380 g/mol. The fraction of sp³-hybridized carbons (Fsp3) is 0.250. The highest BCUT2D eigenvalue weighted by Crippen LogP contribution is 2.20. The Morgan fingerprint density at radius 2 is 2.00 bits per heavy atom. The fourth-order valence-electron chi connectivity index (χ4n) is 1.76. The minimum Gasteiger partial charge on any atom is -1.00 e. The highest BCUT2D eigenvalue weighted by Gasteiger charge is 2.35. The van der Waals surface area contributed by atoms with Crippen molar-refractivity contribution in [2.75, 3.05) is 25.7 Å². The zero-order chi connectivity index (χ0) is 12.5. The Morgan fingerprint density at radius 1 is 1.39 bits per heavy atom. The van der Waals surface area contributed by atoms with Crippen LogP contribution < -0.4 is 34.2 Å². The summed E-state index contributed by atoms with van der Waals surface area (Å²) >= 11 is 5.82. The van der Waals surface area contributed by atoms with E-state index in [1.807, 2.05) is 25.4 Å². The van der Waals surface area contributed by atoms with Crippen molar-refractivity contribution in [1.29, 1.82) is 0 Å². The Balaban J connectivity index is 0.00000162. The van der Waals surface area contributed by atoms with Crippen LogP contribution in [0.2, 0.25) is 5.02 Å². The number of anilines is 1. The number of halogens is 2. The Labute approximate surface area is 129 Å². The summed E-state index contributed by atoms with van der Waals surface area (Å²) in [6.45, 7) is 0.580. The molecule has 18 heavy (non-hydrogen) atoms. The maximum atomic E-state index is 12.3. The van der Waals surface area contributed by atoms with E-state index in [1.54, 1.807) is 30.3 Å². The van der Waals surface area contributed by atoms with Crippen LogP contribution in [0.25, 0.3) is 0 Å². The number of amides is 2. The van der Waals surface area contributed by atoms with E-state index in [2.05, 4.69) is 5.32 Å². The second kappa shape index (κ2) is 5.90. The number of benzene rings is 1. The van der Waals surface area contributed by atoms with Gasteiger partial charge in [0.15, 0.2) is 6.67 Å². The molecule has 1 aromatic rings. The van der Waals surface area contributed by atoms with Crippen molar-refractivity contribution in [3.63, 3.8) is 0 Å². The summed E-state index contributed by atoms with van der Waals surface area (Å²) in [5.41, 5.74) is 0.832. The SMILES string of the molecule is CN(C(=O)[N+]1(C)C=CNC1)c1ccc(Cl)cc1.[I-]. The van der Waals surface area contributed by atoms with Crippen LogP contribution in [0.4, 0.5) is 10.5 Å². The van der Waals surface area contributed by atoms with Crippen LogP contribution in [0.5, 0.6) is 0 Å². The lowest BCUT2D eigenvalue weighted by Gasteiger charge is -2.27. The molecule has 6 heteroatoms. The summed E-state index contributed by atoms with van der Waals surface area (Å²) in [6.07, 6.45) is 3.64. The third-order valence-electron chi connectivity index (χ3n) is 2.88. The molecule has 1 atom stereocenters. The van der Waals surface area contributed by atoms with Gasteiger partial charge in [0.2, 0.25) is 0 Å². The third-order valence-corrected chi connectivity index (χ3v) is 3.13. The maximum absolute atomic E-state index is 12.3. The topological polar surface area (TPSA) is 32.3 Å². The van der Waals surface area contributed by atoms with Gasteiger partial charge in [0.05, 0.1) is 13.2 Å². The Hall–Kier alpha value is -0.790. The number of nitrogens with zero attached hydrogens (tertiary/aromatic N) is 2. The zero-order valence-electron chi connectivity index (χ0n) is 10.2. The average Bonchev–Trinajstić information content (AvgIpc) is 2.76. The van der Waals surface area contributed by atoms with Crippen molar-refractivity contribution >= 4 is 23.3 Å². The lowest BCUT2D eigenvalue weighted by Crippen LogP contribution is -3.00. The van der Waals surface area contributed by atoms with Gasteiger partial charge in [-0.1, -0.05) is 11.6 Å². The molecule has 0 spiro atoms. The number of carbonyl (C=O) groups is 1. The molecule has 2 amide bonds. The fourth-order valence-corrected chi connectivity index (χ4v) is 1.89. The smallest absolute Gasteiger partial charge is 0.429 e.